The average Bonchev–Trinajstić information content (AvgIpc) is 3.17. The number of nitrogens with zero attached hydrogens (tertiary/aromatic N) is 4. The van der Waals surface area contributed by atoms with Crippen LogP contribution in [0.15, 0.2) is 28.7 Å². The number of hydrogen-bond donors (Lipinski definition) is 0. The van der Waals surface area contributed by atoms with Crippen LogP contribution in [0.2, 0.25) is 0 Å². The Morgan fingerprint density at radius 3 is 2.89 bits per heavy atom. The third-order valence-electron chi connectivity index (χ3n) is 5.27. The van der Waals surface area contributed by atoms with Crippen LogP contribution in [0.1, 0.15) is 24.3 Å². The van der Waals surface area contributed by atoms with Crippen LogP contribution in [-0.4, -0.2) is 65.3 Å². The fraction of sp³-hybridized carbons (Fsp3) is 0.550. The van der Waals surface area contributed by atoms with E-state index in [0.717, 1.165) is 37.1 Å². The molecule has 2 aromatic rings. The van der Waals surface area contributed by atoms with Gasteiger partial charge in [0, 0.05) is 25.2 Å². The fourth-order valence-electron chi connectivity index (χ4n) is 3.85. The Hall–Kier alpha value is -2.25. The topological polar surface area (TPSA) is 71.7 Å². The lowest BCUT2D eigenvalue weighted by Gasteiger charge is -2.35. The van der Waals surface area contributed by atoms with Crippen molar-refractivity contribution >= 4 is 5.91 Å². The highest BCUT2D eigenvalue weighted by atomic mass is 16.5. The van der Waals surface area contributed by atoms with Crippen LogP contribution in [0.3, 0.4) is 0 Å². The molecule has 2 aliphatic rings. The van der Waals surface area contributed by atoms with Gasteiger partial charge in [0.1, 0.15) is 0 Å². The molecule has 2 aliphatic heterocycles. The molecule has 2 fully saturated rings. The van der Waals surface area contributed by atoms with Gasteiger partial charge >= 0.3 is 0 Å². The highest BCUT2D eigenvalue weighted by Gasteiger charge is 2.30. The predicted molar refractivity (Wildman–Crippen MR) is 99.9 cm³/mol. The molecule has 1 atom stereocenters. The van der Waals surface area contributed by atoms with Gasteiger partial charge in [0.25, 0.3) is 0 Å². The third kappa shape index (κ3) is 4.36. The van der Waals surface area contributed by atoms with E-state index in [1.807, 2.05) is 36.1 Å². The maximum Gasteiger partial charge on any atom is 0.247 e. The van der Waals surface area contributed by atoms with Gasteiger partial charge in [-0.3, -0.25) is 9.69 Å². The van der Waals surface area contributed by atoms with Gasteiger partial charge < -0.3 is 14.1 Å². The first-order valence-electron chi connectivity index (χ1n) is 9.67. The number of benzene rings is 1. The molecule has 2 saturated heterocycles. The zero-order chi connectivity index (χ0) is 18.6. The maximum atomic E-state index is 12.8. The molecule has 0 aliphatic carbocycles. The first kappa shape index (κ1) is 18.1. The Morgan fingerprint density at radius 2 is 2.07 bits per heavy atom. The molecule has 4 rings (SSSR count). The van der Waals surface area contributed by atoms with E-state index < -0.39 is 0 Å². The molecule has 0 spiro atoms. The Kier molecular flexibility index (Phi) is 5.50. The summed E-state index contributed by atoms with van der Waals surface area (Å²) < 4.78 is 11.2. The van der Waals surface area contributed by atoms with Gasteiger partial charge in [-0.1, -0.05) is 17.7 Å². The Bertz CT molecular complexity index is 785. The zero-order valence-corrected chi connectivity index (χ0v) is 15.8. The number of carbonyl (C=O) groups is 1. The third-order valence-corrected chi connectivity index (χ3v) is 5.27. The second-order valence-electron chi connectivity index (χ2n) is 7.38. The van der Waals surface area contributed by atoms with Crippen molar-refractivity contribution in [2.75, 3.05) is 39.4 Å². The van der Waals surface area contributed by atoms with E-state index in [1.165, 1.54) is 0 Å². The molecule has 1 amide bonds. The Morgan fingerprint density at radius 1 is 1.22 bits per heavy atom. The zero-order valence-electron chi connectivity index (χ0n) is 15.8. The molecule has 27 heavy (non-hydrogen) atoms. The number of likely N-dealkylation sites (tertiary alicyclic amines) is 1. The molecular weight excluding hydrogens is 344 g/mol. The van der Waals surface area contributed by atoms with E-state index in [2.05, 4.69) is 15.1 Å². The van der Waals surface area contributed by atoms with Gasteiger partial charge in [-0.05, 0) is 38.4 Å². The van der Waals surface area contributed by atoms with Crippen LogP contribution in [-0.2, 0) is 16.1 Å². The van der Waals surface area contributed by atoms with Crippen LogP contribution >= 0.6 is 0 Å². The van der Waals surface area contributed by atoms with Gasteiger partial charge in [0.2, 0.25) is 17.7 Å². The van der Waals surface area contributed by atoms with E-state index in [-0.39, 0.29) is 11.8 Å². The van der Waals surface area contributed by atoms with Gasteiger partial charge in [-0.15, -0.1) is 10.2 Å². The van der Waals surface area contributed by atoms with Crippen molar-refractivity contribution < 1.29 is 13.9 Å². The number of carbonyl (C=O) groups excluding carboxylic acids is 1. The monoisotopic (exact) mass is 370 g/mol. The fourth-order valence-corrected chi connectivity index (χ4v) is 3.85. The van der Waals surface area contributed by atoms with Crippen molar-refractivity contribution in [2.24, 2.45) is 5.92 Å². The molecule has 1 unspecified atom stereocenters. The maximum absolute atomic E-state index is 12.8. The predicted octanol–water partition coefficient (Wildman–Crippen LogP) is 2.12. The second-order valence-corrected chi connectivity index (χ2v) is 7.38. The second kappa shape index (κ2) is 8.19. The van der Waals surface area contributed by atoms with Crippen molar-refractivity contribution in [3.63, 3.8) is 0 Å². The quantitative estimate of drug-likeness (QED) is 0.821. The summed E-state index contributed by atoms with van der Waals surface area (Å²) in [5.41, 5.74) is 2.10. The first-order chi connectivity index (χ1) is 13.2. The number of morpholine rings is 1. The van der Waals surface area contributed by atoms with E-state index in [0.29, 0.717) is 44.6 Å². The van der Waals surface area contributed by atoms with Crippen molar-refractivity contribution in [2.45, 2.75) is 26.3 Å². The lowest BCUT2D eigenvalue weighted by atomic mass is 9.96. The largest absolute Gasteiger partial charge is 0.419 e. The van der Waals surface area contributed by atoms with Crippen LogP contribution in [0, 0.1) is 12.8 Å². The minimum atomic E-state index is 0.0519. The highest BCUT2D eigenvalue weighted by molar-refractivity contribution is 5.79. The molecule has 7 heteroatoms. The molecule has 0 saturated carbocycles. The van der Waals surface area contributed by atoms with E-state index in [1.54, 1.807) is 0 Å². The lowest BCUT2D eigenvalue weighted by molar-refractivity contribution is -0.141. The first-order valence-corrected chi connectivity index (χ1v) is 9.67. The number of aryl methyl sites for hydroxylation is 1. The molecular formula is C20H26N4O3. The summed E-state index contributed by atoms with van der Waals surface area (Å²) in [6.45, 7) is 7.04. The van der Waals surface area contributed by atoms with Crippen LogP contribution in [0.4, 0.5) is 0 Å². The summed E-state index contributed by atoms with van der Waals surface area (Å²) in [5.74, 6) is 1.46. The van der Waals surface area contributed by atoms with Crippen LogP contribution < -0.4 is 0 Å². The van der Waals surface area contributed by atoms with Gasteiger partial charge in [0.05, 0.1) is 25.7 Å². The molecule has 0 radical (unpaired) electrons. The molecule has 144 valence electrons. The molecule has 0 N–H and O–H groups in total. The van der Waals surface area contributed by atoms with Gasteiger partial charge in [-0.2, -0.15) is 0 Å². The summed E-state index contributed by atoms with van der Waals surface area (Å²) in [6, 6.07) is 8.04. The number of aromatic nitrogens is 2. The summed E-state index contributed by atoms with van der Waals surface area (Å²) in [6.07, 6.45) is 1.96. The minimum absolute atomic E-state index is 0.0519. The Balaban J connectivity index is 1.37. The van der Waals surface area contributed by atoms with E-state index in [4.69, 9.17) is 9.15 Å². The SMILES string of the molecule is Cc1cccc(-c2nnc(CN3CCCC(C(=O)N4CCOCC4)C3)o2)c1. The number of piperidine rings is 1. The summed E-state index contributed by atoms with van der Waals surface area (Å²) in [5, 5.41) is 8.39. The van der Waals surface area contributed by atoms with E-state index in [9.17, 15) is 4.79 Å². The summed E-state index contributed by atoms with van der Waals surface area (Å²) >= 11 is 0. The molecule has 7 nitrogen and oxygen atoms in total. The molecule has 0 bridgehead atoms. The average molecular weight is 370 g/mol. The van der Waals surface area contributed by atoms with Gasteiger partial charge in [-0.25, -0.2) is 0 Å². The number of ether oxygens (including phenoxy) is 1. The summed E-state index contributed by atoms with van der Waals surface area (Å²) in [4.78, 5) is 17.0. The lowest BCUT2D eigenvalue weighted by Crippen LogP contribution is -2.48. The number of amides is 1. The Labute approximate surface area is 159 Å². The minimum Gasteiger partial charge on any atom is -0.419 e. The van der Waals surface area contributed by atoms with Crippen molar-refractivity contribution in [3.8, 4) is 11.5 Å². The standard InChI is InChI=1S/C20H26N4O3/c1-15-4-2-5-16(12-15)19-22-21-18(27-19)14-23-7-3-6-17(13-23)20(25)24-8-10-26-11-9-24/h2,4-5,12,17H,3,6-11,13-14H2,1H3. The van der Waals surface area contributed by atoms with Crippen molar-refractivity contribution in [3.05, 3.63) is 35.7 Å². The van der Waals surface area contributed by atoms with Crippen LogP contribution in [0.25, 0.3) is 11.5 Å². The highest BCUT2D eigenvalue weighted by Crippen LogP contribution is 2.23. The van der Waals surface area contributed by atoms with Gasteiger partial charge in [0.15, 0.2) is 0 Å². The smallest absolute Gasteiger partial charge is 0.247 e. The van der Waals surface area contributed by atoms with Crippen molar-refractivity contribution in [1.29, 1.82) is 0 Å². The number of rotatable bonds is 4. The molecule has 1 aromatic heterocycles. The molecule has 3 heterocycles. The summed E-state index contributed by atoms with van der Waals surface area (Å²) in [7, 11) is 0. The molecule has 1 aromatic carbocycles. The normalized spacial score (nSPS) is 21.4. The van der Waals surface area contributed by atoms with E-state index >= 15 is 0 Å². The number of hydrogen-bond acceptors (Lipinski definition) is 6. The van der Waals surface area contributed by atoms with Crippen LogP contribution in [0.5, 0.6) is 0 Å². The van der Waals surface area contributed by atoms with Crippen molar-refractivity contribution in [1.82, 2.24) is 20.0 Å².